The van der Waals surface area contributed by atoms with Crippen molar-refractivity contribution >= 4 is 33.0 Å². The first-order valence-electron chi connectivity index (χ1n) is 5.60. The zero-order chi connectivity index (χ0) is 13.6. The van der Waals surface area contributed by atoms with Gasteiger partial charge in [0.05, 0.1) is 10.6 Å². The Morgan fingerprint density at radius 2 is 1.94 bits per heavy atom. The molecule has 0 aliphatic heterocycles. The van der Waals surface area contributed by atoms with Crippen LogP contribution >= 0.6 is 11.6 Å². The van der Waals surface area contributed by atoms with Gasteiger partial charge in [0.25, 0.3) is 0 Å². The molecule has 0 fully saturated rings. The molecule has 0 atom stereocenters. The Balaban J connectivity index is 2.76. The monoisotopic (exact) mass is 289 g/mol. The maximum Gasteiger partial charge on any atom is 0.224 e. The average Bonchev–Trinajstić information content (AvgIpc) is 2.28. The van der Waals surface area contributed by atoms with Crippen molar-refractivity contribution in [3.63, 3.8) is 0 Å². The summed E-state index contributed by atoms with van der Waals surface area (Å²) in [5.41, 5.74) is 0.330. The zero-order valence-corrected chi connectivity index (χ0v) is 11.7. The molecule has 1 aromatic carbocycles. The van der Waals surface area contributed by atoms with Crippen molar-refractivity contribution in [3.8, 4) is 0 Å². The third kappa shape index (κ3) is 4.66. The van der Waals surface area contributed by atoms with Gasteiger partial charge >= 0.3 is 0 Å². The number of nitrogens with one attached hydrogen (secondary N) is 1. The number of carbonyl (C=O) groups is 1. The van der Waals surface area contributed by atoms with Gasteiger partial charge in [0.2, 0.25) is 5.91 Å². The second kappa shape index (κ2) is 6.75. The van der Waals surface area contributed by atoms with E-state index in [9.17, 15) is 13.2 Å². The van der Waals surface area contributed by atoms with Crippen molar-refractivity contribution in [1.82, 2.24) is 0 Å². The molecule has 1 aromatic rings. The number of halogens is 1. The smallest absolute Gasteiger partial charge is 0.224 e. The van der Waals surface area contributed by atoms with Gasteiger partial charge in [-0.2, -0.15) is 0 Å². The lowest BCUT2D eigenvalue weighted by Gasteiger charge is -2.09. The summed E-state index contributed by atoms with van der Waals surface area (Å²) in [7, 11) is -3.34. The molecule has 1 rings (SSSR count). The number of para-hydroxylation sites is 1. The van der Waals surface area contributed by atoms with E-state index >= 15 is 0 Å². The van der Waals surface area contributed by atoms with Gasteiger partial charge < -0.3 is 5.32 Å². The molecule has 0 aliphatic rings. The molecule has 1 N–H and O–H groups in total. The van der Waals surface area contributed by atoms with Crippen LogP contribution in [0, 0.1) is 0 Å². The third-order valence-corrected chi connectivity index (χ3v) is 3.77. The molecule has 4 nitrogen and oxygen atoms in total. The van der Waals surface area contributed by atoms with E-state index in [0.717, 1.165) is 12.7 Å². The third-order valence-electron chi connectivity index (χ3n) is 2.35. The number of carbonyl (C=O) groups excluding carboxylic acids is 1. The van der Waals surface area contributed by atoms with E-state index < -0.39 is 9.84 Å². The van der Waals surface area contributed by atoms with Crippen molar-refractivity contribution in [3.05, 3.63) is 24.3 Å². The van der Waals surface area contributed by atoms with E-state index in [1.165, 1.54) is 6.07 Å². The fourth-order valence-electron chi connectivity index (χ4n) is 1.49. The van der Waals surface area contributed by atoms with Crippen molar-refractivity contribution in [1.29, 1.82) is 0 Å². The lowest BCUT2D eigenvalue weighted by atomic mass is 10.2. The summed E-state index contributed by atoms with van der Waals surface area (Å²) in [6, 6.07) is 6.36. The molecule has 0 aliphatic carbocycles. The van der Waals surface area contributed by atoms with Gasteiger partial charge in [-0.1, -0.05) is 12.1 Å². The topological polar surface area (TPSA) is 63.2 Å². The number of hydrogen-bond acceptors (Lipinski definition) is 3. The molecular weight excluding hydrogens is 274 g/mol. The quantitative estimate of drug-likeness (QED) is 0.646. The van der Waals surface area contributed by atoms with Crippen LogP contribution in [0.4, 0.5) is 5.69 Å². The van der Waals surface area contributed by atoms with Crippen LogP contribution in [-0.2, 0) is 14.6 Å². The first-order chi connectivity index (χ1) is 8.45. The molecule has 0 radical (unpaired) electrons. The molecule has 100 valence electrons. The van der Waals surface area contributed by atoms with Crippen LogP contribution in [0.2, 0.25) is 0 Å². The molecule has 0 aromatic heterocycles. The van der Waals surface area contributed by atoms with Gasteiger partial charge in [-0.3, -0.25) is 4.79 Å². The first-order valence-corrected chi connectivity index (χ1v) is 8.02. The molecule has 18 heavy (non-hydrogen) atoms. The summed E-state index contributed by atoms with van der Waals surface area (Å²) >= 11 is 5.52. The lowest BCUT2D eigenvalue weighted by Crippen LogP contribution is -2.14. The molecule has 0 spiro atoms. The normalized spacial score (nSPS) is 11.2. The summed E-state index contributed by atoms with van der Waals surface area (Å²) in [6.07, 6.45) is 2.91. The highest BCUT2D eigenvalue weighted by molar-refractivity contribution is 7.90. The fraction of sp³-hybridized carbons (Fsp3) is 0.417. The van der Waals surface area contributed by atoms with Crippen LogP contribution in [0.5, 0.6) is 0 Å². The Morgan fingerprint density at radius 3 is 2.56 bits per heavy atom. The zero-order valence-electron chi connectivity index (χ0n) is 10.1. The largest absolute Gasteiger partial charge is 0.325 e. The second-order valence-electron chi connectivity index (χ2n) is 3.96. The maximum atomic E-state index is 11.6. The summed E-state index contributed by atoms with van der Waals surface area (Å²) in [6.45, 7) is 0. The van der Waals surface area contributed by atoms with Gasteiger partial charge in [0, 0.05) is 18.6 Å². The van der Waals surface area contributed by atoms with Crippen molar-refractivity contribution < 1.29 is 13.2 Å². The van der Waals surface area contributed by atoms with Crippen molar-refractivity contribution in [2.75, 3.05) is 17.5 Å². The highest BCUT2D eigenvalue weighted by Gasteiger charge is 2.14. The molecule has 0 unspecified atom stereocenters. The van der Waals surface area contributed by atoms with E-state index in [1.807, 2.05) is 0 Å². The number of benzene rings is 1. The lowest BCUT2D eigenvalue weighted by molar-refractivity contribution is -0.116. The van der Waals surface area contributed by atoms with E-state index in [1.54, 1.807) is 18.2 Å². The summed E-state index contributed by atoms with van der Waals surface area (Å²) in [5.74, 6) is 0.323. The van der Waals surface area contributed by atoms with Gasteiger partial charge in [-0.25, -0.2) is 8.42 Å². The molecule has 0 heterocycles. The fourth-order valence-corrected chi connectivity index (χ4v) is 2.52. The Kier molecular flexibility index (Phi) is 5.62. The van der Waals surface area contributed by atoms with Crippen LogP contribution in [0.3, 0.4) is 0 Å². The van der Waals surface area contributed by atoms with Gasteiger partial charge in [0.15, 0.2) is 9.84 Å². The van der Waals surface area contributed by atoms with Crippen LogP contribution in [0.25, 0.3) is 0 Å². The predicted molar refractivity (Wildman–Crippen MR) is 72.8 cm³/mol. The van der Waals surface area contributed by atoms with Crippen LogP contribution in [-0.4, -0.2) is 26.5 Å². The number of unbranched alkanes of at least 4 members (excludes halogenated alkanes) is 1. The molecule has 6 heteroatoms. The first kappa shape index (κ1) is 15.0. The van der Waals surface area contributed by atoms with E-state index in [2.05, 4.69) is 5.32 Å². The predicted octanol–water partition coefficient (Wildman–Crippen LogP) is 2.44. The minimum atomic E-state index is -3.34. The number of amides is 1. The van der Waals surface area contributed by atoms with Crippen LogP contribution in [0.15, 0.2) is 29.2 Å². The van der Waals surface area contributed by atoms with E-state index in [0.29, 0.717) is 24.4 Å². The average molecular weight is 290 g/mol. The molecule has 0 saturated carbocycles. The minimum absolute atomic E-state index is 0.135. The molecule has 1 amide bonds. The standard InChI is InChI=1S/C12H16ClNO3S/c1-18(16,17)11-7-3-2-6-10(11)14-12(15)8-4-5-9-13/h2-3,6-7H,4-5,8-9H2,1H3,(H,14,15). The van der Waals surface area contributed by atoms with Crippen LogP contribution in [0.1, 0.15) is 19.3 Å². The molecular formula is C12H16ClNO3S. The summed E-state index contributed by atoms with van der Waals surface area (Å²) in [4.78, 5) is 11.8. The number of hydrogen-bond donors (Lipinski definition) is 1. The Hall–Kier alpha value is -1.07. The van der Waals surface area contributed by atoms with E-state index in [4.69, 9.17) is 11.6 Å². The number of anilines is 1. The highest BCUT2D eigenvalue weighted by Crippen LogP contribution is 2.20. The Bertz CT molecular complexity index is 514. The van der Waals surface area contributed by atoms with Gasteiger partial charge in [-0.15, -0.1) is 11.6 Å². The van der Waals surface area contributed by atoms with Crippen molar-refractivity contribution in [2.24, 2.45) is 0 Å². The highest BCUT2D eigenvalue weighted by atomic mass is 35.5. The SMILES string of the molecule is CS(=O)(=O)c1ccccc1NC(=O)CCCCCl. The minimum Gasteiger partial charge on any atom is -0.325 e. The van der Waals surface area contributed by atoms with E-state index in [-0.39, 0.29) is 10.8 Å². The summed E-state index contributed by atoms with van der Waals surface area (Å²) < 4.78 is 23.1. The summed E-state index contributed by atoms with van der Waals surface area (Å²) in [5, 5.41) is 2.61. The van der Waals surface area contributed by atoms with Crippen LogP contribution < -0.4 is 5.32 Å². The number of sulfone groups is 1. The second-order valence-corrected chi connectivity index (χ2v) is 6.32. The Morgan fingerprint density at radius 1 is 1.28 bits per heavy atom. The van der Waals surface area contributed by atoms with Gasteiger partial charge in [-0.05, 0) is 25.0 Å². The maximum absolute atomic E-state index is 11.6. The molecule has 0 bridgehead atoms. The number of rotatable bonds is 6. The number of alkyl halides is 1. The van der Waals surface area contributed by atoms with Gasteiger partial charge in [0.1, 0.15) is 0 Å². The Labute approximate surface area is 112 Å². The van der Waals surface area contributed by atoms with Crippen molar-refractivity contribution in [2.45, 2.75) is 24.2 Å². The molecule has 0 saturated heterocycles.